The van der Waals surface area contributed by atoms with Crippen LogP contribution in [-0.2, 0) is 32.7 Å². The monoisotopic (exact) mass is 832 g/mol. The van der Waals surface area contributed by atoms with E-state index in [1.807, 2.05) is 54.7 Å². The molecule has 0 saturated heterocycles. The van der Waals surface area contributed by atoms with Crippen LogP contribution in [0.4, 0.5) is 0 Å². The third kappa shape index (κ3) is 39.4. The van der Waals surface area contributed by atoms with Crippen LogP contribution in [0.3, 0.4) is 0 Å². The van der Waals surface area contributed by atoms with Gasteiger partial charge in [0.2, 0.25) is 0 Å². The van der Waals surface area contributed by atoms with Gasteiger partial charge in [0.05, 0.1) is 25.9 Å². The first-order chi connectivity index (χ1) is 28.1. The molecule has 0 fully saturated rings. The van der Waals surface area contributed by atoms with Crippen LogP contribution in [-0.4, -0.2) is 76.9 Å². The molecule has 0 spiro atoms. The van der Waals surface area contributed by atoms with Crippen LogP contribution in [0.5, 0.6) is 0 Å². The number of carbonyl (C=O) groups excluding carboxylic acids is 2. The lowest BCUT2D eigenvalue weighted by Gasteiger charge is -2.20. The molecule has 0 aliphatic heterocycles. The van der Waals surface area contributed by atoms with E-state index in [9.17, 15) is 29.3 Å². The van der Waals surface area contributed by atoms with Gasteiger partial charge in [0.15, 0.2) is 6.10 Å². The molecule has 0 aromatic carbocycles. The van der Waals surface area contributed by atoms with Gasteiger partial charge in [-0.3, -0.25) is 18.6 Å². The van der Waals surface area contributed by atoms with Gasteiger partial charge in [0, 0.05) is 12.8 Å². The van der Waals surface area contributed by atoms with Gasteiger partial charge in [-0.1, -0.05) is 136 Å². The summed E-state index contributed by atoms with van der Waals surface area (Å²) < 4.78 is 32.5. The molecule has 2 unspecified atom stereocenters. The summed E-state index contributed by atoms with van der Waals surface area (Å²) >= 11 is 0. The Kier molecular flexibility index (Phi) is 38.0. The predicted octanol–water partition coefficient (Wildman–Crippen LogP) is 9.97. The molecule has 0 aliphatic carbocycles. The fourth-order valence-corrected chi connectivity index (χ4v) is 5.54. The van der Waals surface area contributed by atoms with Crippen molar-refractivity contribution in [2.75, 3.05) is 26.4 Å². The number of rotatable bonds is 37. The molecule has 0 aliphatic rings. The second kappa shape index (κ2) is 40.4. The molecule has 0 aromatic heterocycles. The maximum atomic E-state index is 12.6. The summed E-state index contributed by atoms with van der Waals surface area (Å²) in [6, 6.07) is 0. The van der Waals surface area contributed by atoms with Crippen LogP contribution in [0.1, 0.15) is 123 Å². The van der Waals surface area contributed by atoms with Crippen LogP contribution < -0.4 is 0 Å². The molecule has 328 valence electrons. The maximum Gasteiger partial charge on any atom is 0.472 e. The fraction of sp³-hybridized carbons (Fsp3) is 0.565. The van der Waals surface area contributed by atoms with Crippen molar-refractivity contribution in [3.8, 4) is 0 Å². The molecule has 4 atom stereocenters. The Morgan fingerprint density at radius 2 is 1.16 bits per heavy atom. The first-order valence-corrected chi connectivity index (χ1v) is 22.4. The summed E-state index contributed by atoms with van der Waals surface area (Å²) in [7, 11) is -4.66. The van der Waals surface area contributed by atoms with E-state index in [-0.39, 0.29) is 12.8 Å². The van der Waals surface area contributed by atoms with Crippen LogP contribution in [0.25, 0.3) is 0 Å². The van der Waals surface area contributed by atoms with Gasteiger partial charge in [0.1, 0.15) is 12.7 Å². The number of phosphoric ester groups is 1. The highest BCUT2D eigenvalue weighted by Gasteiger charge is 2.27. The number of ether oxygens (including phenoxy) is 2. The van der Waals surface area contributed by atoms with Crippen LogP contribution >= 0.6 is 7.82 Å². The topological polar surface area (TPSA) is 169 Å². The smallest absolute Gasteiger partial charge is 0.462 e. The Hall–Kier alpha value is -3.41. The molecule has 58 heavy (non-hydrogen) atoms. The number of hydrogen-bond donors (Lipinski definition) is 4. The highest BCUT2D eigenvalue weighted by atomic mass is 31.2. The first kappa shape index (κ1) is 54.6. The Bertz CT molecular complexity index is 1340. The Balaban J connectivity index is 4.58. The van der Waals surface area contributed by atoms with Crippen molar-refractivity contribution >= 4 is 19.8 Å². The number of phosphoric acid groups is 1. The van der Waals surface area contributed by atoms with E-state index in [0.717, 1.165) is 51.4 Å². The molecule has 0 amide bonds. The average molecular weight is 833 g/mol. The van der Waals surface area contributed by atoms with Crippen molar-refractivity contribution in [3.63, 3.8) is 0 Å². The standard InChI is InChI=1S/C46H73O11P/c1-3-5-7-9-11-12-13-14-15-16-17-22-25-29-33-37-46(51)57-44(41-56-58(52,53)55-39-43(49)38-47)40-54-45(50)36-32-28-24-21-19-18-20-23-27-31-35-42(48)34-30-26-10-8-6-4-2/h6,8,11-12,14-15,17-19,22-24,26-28,30-31,35,42-44,47-49H,3-5,7,9-10,13,16,20-21,25,29,32-34,36-41H2,1-2H3,(H,52,53)/b8-6-,12-11-,15-14-,19-18-,22-17-,27-23-,28-24-,30-26-,35-31+/t42?,43-,44+/m0/s1. The van der Waals surface area contributed by atoms with Gasteiger partial charge in [-0.2, -0.15) is 0 Å². The van der Waals surface area contributed by atoms with Gasteiger partial charge in [0.25, 0.3) is 0 Å². The van der Waals surface area contributed by atoms with Gasteiger partial charge in [-0.05, 0) is 83.5 Å². The summed E-state index contributed by atoms with van der Waals surface area (Å²) in [6.45, 7) is 1.99. The van der Waals surface area contributed by atoms with E-state index < -0.39 is 64.5 Å². The number of aliphatic hydroxyl groups is 3. The summed E-state index contributed by atoms with van der Waals surface area (Å²) in [5.41, 5.74) is 0. The van der Waals surface area contributed by atoms with Gasteiger partial charge in [-0.25, -0.2) is 4.57 Å². The zero-order valence-corrected chi connectivity index (χ0v) is 36.0. The van der Waals surface area contributed by atoms with E-state index >= 15 is 0 Å². The SMILES string of the molecule is CC/C=C\C/C=C\CC(O)/C=C/C=C\C/C=C\C/C=C\CCC(=O)OC[C@H](COP(=O)(O)OC[C@@H](O)CO)OC(=O)CCCC/C=C\C/C=C\C/C=C\CCCCC. The van der Waals surface area contributed by atoms with Crippen molar-refractivity contribution in [1.29, 1.82) is 0 Å². The summed E-state index contributed by atoms with van der Waals surface area (Å²) in [5, 5.41) is 28.3. The molecule has 0 bridgehead atoms. The molecule has 0 radical (unpaired) electrons. The predicted molar refractivity (Wildman–Crippen MR) is 234 cm³/mol. The Morgan fingerprint density at radius 3 is 1.78 bits per heavy atom. The molecule has 11 nitrogen and oxygen atoms in total. The van der Waals surface area contributed by atoms with Gasteiger partial charge >= 0.3 is 19.8 Å². The number of hydrogen-bond acceptors (Lipinski definition) is 10. The molecule has 0 rings (SSSR count). The summed E-state index contributed by atoms with van der Waals surface area (Å²) in [4.78, 5) is 34.9. The number of carbonyl (C=O) groups is 2. The number of unbranched alkanes of at least 4 members (excludes halogenated alkanes) is 5. The normalized spacial score (nSPS) is 15.5. The molecule has 0 aromatic rings. The molecular weight excluding hydrogens is 759 g/mol. The van der Waals surface area contributed by atoms with Gasteiger partial charge in [-0.15, -0.1) is 0 Å². The Morgan fingerprint density at radius 1 is 0.603 bits per heavy atom. The fourth-order valence-electron chi connectivity index (χ4n) is 4.75. The largest absolute Gasteiger partial charge is 0.472 e. The van der Waals surface area contributed by atoms with E-state index in [0.29, 0.717) is 25.7 Å². The lowest BCUT2D eigenvalue weighted by atomic mass is 10.1. The summed E-state index contributed by atoms with van der Waals surface area (Å²) in [6.07, 6.45) is 46.7. The number of allylic oxidation sites excluding steroid dienone is 16. The second-order valence-corrected chi connectivity index (χ2v) is 14.9. The molecule has 12 heteroatoms. The van der Waals surface area contributed by atoms with E-state index in [2.05, 4.69) is 67.0 Å². The second-order valence-electron chi connectivity index (χ2n) is 13.5. The third-order valence-corrected chi connectivity index (χ3v) is 8.96. The molecular formula is C46H73O11P. The quantitative estimate of drug-likeness (QED) is 0.0155. The maximum absolute atomic E-state index is 12.6. The van der Waals surface area contributed by atoms with Crippen molar-refractivity contribution < 1.29 is 52.9 Å². The van der Waals surface area contributed by atoms with Crippen LogP contribution in [0.2, 0.25) is 0 Å². The lowest BCUT2D eigenvalue weighted by Crippen LogP contribution is -2.29. The summed E-state index contributed by atoms with van der Waals surface area (Å²) in [5.74, 6) is -1.11. The Labute approximate surface area is 348 Å². The van der Waals surface area contributed by atoms with Gasteiger partial charge < -0.3 is 29.7 Å². The minimum Gasteiger partial charge on any atom is -0.462 e. The van der Waals surface area contributed by atoms with E-state index in [4.69, 9.17) is 19.1 Å². The zero-order chi connectivity index (χ0) is 42.8. The van der Waals surface area contributed by atoms with E-state index in [1.54, 1.807) is 6.08 Å². The van der Waals surface area contributed by atoms with Crippen LogP contribution in [0, 0.1) is 0 Å². The highest BCUT2D eigenvalue weighted by molar-refractivity contribution is 7.47. The highest BCUT2D eigenvalue weighted by Crippen LogP contribution is 2.43. The minimum atomic E-state index is -4.66. The zero-order valence-electron chi connectivity index (χ0n) is 35.1. The lowest BCUT2D eigenvalue weighted by molar-refractivity contribution is -0.161. The van der Waals surface area contributed by atoms with Crippen LogP contribution in [0.15, 0.2) is 109 Å². The van der Waals surface area contributed by atoms with Crippen molar-refractivity contribution in [3.05, 3.63) is 109 Å². The molecule has 4 N–H and O–H groups in total. The molecule has 0 saturated carbocycles. The first-order valence-electron chi connectivity index (χ1n) is 21.0. The van der Waals surface area contributed by atoms with Crippen molar-refractivity contribution in [2.24, 2.45) is 0 Å². The number of esters is 2. The minimum absolute atomic E-state index is 0.0779. The third-order valence-electron chi connectivity index (χ3n) is 8.01. The van der Waals surface area contributed by atoms with E-state index in [1.165, 1.54) is 19.3 Å². The van der Waals surface area contributed by atoms with Crippen molar-refractivity contribution in [1.82, 2.24) is 0 Å². The molecule has 0 heterocycles. The van der Waals surface area contributed by atoms with Crippen molar-refractivity contribution in [2.45, 2.75) is 141 Å². The number of aliphatic hydroxyl groups excluding tert-OH is 3. The average Bonchev–Trinajstić information content (AvgIpc) is 3.21.